The number of nitrogens with zero attached hydrogens (tertiary/aromatic N) is 3. The van der Waals surface area contributed by atoms with Crippen LogP contribution in [0.25, 0.3) is 0 Å². The lowest BCUT2D eigenvalue weighted by atomic mass is 10.1. The van der Waals surface area contributed by atoms with E-state index in [1.807, 2.05) is 6.92 Å². The second kappa shape index (κ2) is 7.99. The number of aryl methyl sites for hydroxylation is 2. The summed E-state index contributed by atoms with van der Waals surface area (Å²) in [6.07, 6.45) is 4.76. The number of hydrogen-bond donors (Lipinski definition) is 1. The standard InChI is InChI=1S/C20H19FN4O3/c1-12-7-8-25(11-14-10-22-13(2)9-23-14)20(27)17(12)19(26)24-18-15(21)5-4-6-16(18)28-3/h4-10H,11H2,1-3H3,(H,24,26). The van der Waals surface area contributed by atoms with Crippen LogP contribution >= 0.6 is 0 Å². The fourth-order valence-corrected chi connectivity index (χ4v) is 2.71. The lowest BCUT2D eigenvalue weighted by molar-refractivity contribution is 0.102. The van der Waals surface area contributed by atoms with Gasteiger partial charge in [-0.3, -0.25) is 19.6 Å². The van der Waals surface area contributed by atoms with Gasteiger partial charge in [-0.2, -0.15) is 0 Å². The maximum Gasteiger partial charge on any atom is 0.264 e. The van der Waals surface area contributed by atoms with Crippen molar-refractivity contribution in [3.63, 3.8) is 0 Å². The first kappa shape index (κ1) is 19.2. The molecule has 0 saturated carbocycles. The van der Waals surface area contributed by atoms with Crippen LogP contribution in [0.4, 0.5) is 10.1 Å². The van der Waals surface area contributed by atoms with E-state index in [1.54, 1.807) is 31.6 Å². The van der Waals surface area contributed by atoms with Crippen LogP contribution in [0, 0.1) is 19.7 Å². The summed E-state index contributed by atoms with van der Waals surface area (Å²) in [6, 6.07) is 5.83. The van der Waals surface area contributed by atoms with Crippen LogP contribution in [-0.4, -0.2) is 27.6 Å². The Balaban J connectivity index is 1.95. The summed E-state index contributed by atoms with van der Waals surface area (Å²) in [5.41, 5.74) is 1.12. The monoisotopic (exact) mass is 382 g/mol. The summed E-state index contributed by atoms with van der Waals surface area (Å²) in [6.45, 7) is 3.62. The maximum atomic E-state index is 14.1. The first-order valence-corrected chi connectivity index (χ1v) is 8.52. The molecule has 28 heavy (non-hydrogen) atoms. The van der Waals surface area contributed by atoms with E-state index in [-0.39, 0.29) is 23.5 Å². The van der Waals surface area contributed by atoms with Crippen LogP contribution in [0.1, 0.15) is 27.3 Å². The molecule has 0 saturated heterocycles. The molecule has 1 amide bonds. The van der Waals surface area contributed by atoms with E-state index in [9.17, 15) is 14.0 Å². The number of anilines is 1. The molecule has 1 aromatic carbocycles. The molecule has 3 aromatic rings. The number of amides is 1. The number of aromatic nitrogens is 3. The second-order valence-corrected chi connectivity index (χ2v) is 6.23. The number of para-hydroxylation sites is 1. The minimum Gasteiger partial charge on any atom is -0.494 e. The van der Waals surface area contributed by atoms with Crippen molar-refractivity contribution in [3.05, 3.63) is 81.5 Å². The van der Waals surface area contributed by atoms with Crippen LogP contribution < -0.4 is 15.6 Å². The quantitative estimate of drug-likeness (QED) is 0.733. The molecule has 0 aliphatic heterocycles. The van der Waals surface area contributed by atoms with Crippen molar-refractivity contribution in [3.8, 4) is 5.75 Å². The Bertz CT molecular complexity index is 1080. The Morgan fingerprint density at radius 2 is 2.00 bits per heavy atom. The van der Waals surface area contributed by atoms with Crippen LogP contribution in [-0.2, 0) is 6.54 Å². The van der Waals surface area contributed by atoms with Crippen LogP contribution in [0.3, 0.4) is 0 Å². The van der Waals surface area contributed by atoms with Crippen LogP contribution in [0.2, 0.25) is 0 Å². The number of carbonyl (C=O) groups is 1. The Hall–Kier alpha value is -3.55. The third-order valence-corrected chi connectivity index (χ3v) is 4.20. The Morgan fingerprint density at radius 3 is 2.68 bits per heavy atom. The molecule has 8 heteroatoms. The van der Waals surface area contributed by atoms with Crippen molar-refractivity contribution in [2.75, 3.05) is 12.4 Å². The van der Waals surface area contributed by atoms with Gasteiger partial charge in [-0.15, -0.1) is 0 Å². The van der Waals surface area contributed by atoms with Gasteiger partial charge < -0.3 is 14.6 Å². The van der Waals surface area contributed by atoms with Crippen LogP contribution in [0.15, 0.2) is 47.7 Å². The number of ether oxygens (including phenoxy) is 1. The molecule has 0 spiro atoms. The fraction of sp³-hybridized carbons (Fsp3) is 0.200. The highest BCUT2D eigenvalue weighted by atomic mass is 19.1. The van der Waals surface area contributed by atoms with Crippen molar-refractivity contribution in [2.45, 2.75) is 20.4 Å². The summed E-state index contributed by atoms with van der Waals surface area (Å²) in [5.74, 6) is -1.20. The zero-order valence-electron chi connectivity index (χ0n) is 15.7. The van der Waals surface area contributed by atoms with Crippen LogP contribution in [0.5, 0.6) is 5.75 Å². The molecule has 0 radical (unpaired) electrons. The number of pyridine rings is 1. The molecule has 0 aliphatic carbocycles. The lowest BCUT2D eigenvalue weighted by Crippen LogP contribution is -2.31. The highest BCUT2D eigenvalue weighted by Crippen LogP contribution is 2.27. The first-order chi connectivity index (χ1) is 13.4. The van der Waals surface area contributed by atoms with Crippen molar-refractivity contribution >= 4 is 11.6 Å². The average molecular weight is 382 g/mol. The molecular weight excluding hydrogens is 363 g/mol. The zero-order chi connectivity index (χ0) is 20.3. The molecule has 144 valence electrons. The maximum absolute atomic E-state index is 14.1. The van der Waals surface area contributed by atoms with Gasteiger partial charge in [0.05, 0.1) is 31.2 Å². The van der Waals surface area contributed by atoms with E-state index in [4.69, 9.17) is 4.74 Å². The Kier molecular flexibility index (Phi) is 5.49. The Morgan fingerprint density at radius 1 is 1.21 bits per heavy atom. The molecule has 0 unspecified atom stereocenters. The van der Waals surface area contributed by atoms with Gasteiger partial charge in [-0.05, 0) is 37.6 Å². The van der Waals surface area contributed by atoms with Gasteiger partial charge in [-0.1, -0.05) is 6.07 Å². The number of hydrogen-bond acceptors (Lipinski definition) is 5. The van der Waals surface area contributed by atoms with E-state index in [0.717, 1.165) is 5.69 Å². The number of halogens is 1. The highest BCUT2D eigenvalue weighted by molar-refractivity contribution is 6.05. The first-order valence-electron chi connectivity index (χ1n) is 8.52. The molecule has 0 bridgehead atoms. The van der Waals surface area contributed by atoms with E-state index < -0.39 is 17.3 Å². The molecule has 2 heterocycles. The number of benzene rings is 1. The van der Waals surface area contributed by atoms with Gasteiger partial charge in [0.25, 0.3) is 11.5 Å². The van der Waals surface area contributed by atoms with E-state index in [2.05, 4.69) is 15.3 Å². The van der Waals surface area contributed by atoms with E-state index in [0.29, 0.717) is 11.3 Å². The lowest BCUT2D eigenvalue weighted by Gasteiger charge is -2.13. The molecule has 7 nitrogen and oxygen atoms in total. The van der Waals surface area contributed by atoms with Crippen molar-refractivity contribution in [2.24, 2.45) is 0 Å². The third kappa shape index (κ3) is 3.90. The predicted octanol–water partition coefficient (Wildman–Crippen LogP) is 2.70. The number of carbonyl (C=O) groups excluding carboxylic acids is 1. The number of rotatable bonds is 5. The van der Waals surface area contributed by atoms with Gasteiger partial charge in [-0.25, -0.2) is 4.39 Å². The molecule has 0 fully saturated rings. The number of methoxy groups -OCH3 is 1. The van der Waals surface area contributed by atoms with Gasteiger partial charge in [0, 0.05) is 12.4 Å². The fourth-order valence-electron chi connectivity index (χ4n) is 2.71. The topological polar surface area (TPSA) is 86.1 Å². The van der Waals surface area contributed by atoms with Crippen molar-refractivity contribution in [1.29, 1.82) is 0 Å². The largest absolute Gasteiger partial charge is 0.494 e. The Labute approximate surface area is 160 Å². The average Bonchev–Trinajstić information content (AvgIpc) is 2.67. The molecular formula is C20H19FN4O3. The van der Waals surface area contributed by atoms with Gasteiger partial charge >= 0.3 is 0 Å². The van der Waals surface area contributed by atoms with Gasteiger partial charge in [0.2, 0.25) is 0 Å². The summed E-state index contributed by atoms with van der Waals surface area (Å²) in [7, 11) is 1.37. The number of nitrogens with one attached hydrogen (secondary N) is 1. The highest BCUT2D eigenvalue weighted by Gasteiger charge is 2.19. The molecule has 2 aromatic heterocycles. The predicted molar refractivity (Wildman–Crippen MR) is 102 cm³/mol. The summed E-state index contributed by atoms with van der Waals surface area (Å²) in [4.78, 5) is 34.0. The second-order valence-electron chi connectivity index (χ2n) is 6.23. The van der Waals surface area contributed by atoms with E-state index in [1.165, 1.54) is 29.9 Å². The zero-order valence-corrected chi connectivity index (χ0v) is 15.7. The summed E-state index contributed by atoms with van der Waals surface area (Å²) >= 11 is 0. The summed E-state index contributed by atoms with van der Waals surface area (Å²) in [5, 5.41) is 2.45. The van der Waals surface area contributed by atoms with Crippen molar-refractivity contribution in [1.82, 2.24) is 14.5 Å². The SMILES string of the molecule is COc1cccc(F)c1NC(=O)c1c(C)ccn(Cc2cnc(C)cn2)c1=O. The van der Waals surface area contributed by atoms with Gasteiger partial charge in [0.1, 0.15) is 17.0 Å². The van der Waals surface area contributed by atoms with Crippen molar-refractivity contribution < 1.29 is 13.9 Å². The van der Waals surface area contributed by atoms with Gasteiger partial charge in [0.15, 0.2) is 5.82 Å². The summed E-state index contributed by atoms with van der Waals surface area (Å²) < 4.78 is 20.6. The molecule has 0 atom stereocenters. The normalized spacial score (nSPS) is 10.6. The van der Waals surface area contributed by atoms with E-state index >= 15 is 0 Å². The smallest absolute Gasteiger partial charge is 0.264 e. The molecule has 0 aliphatic rings. The minimum absolute atomic E-state index is 0.0760. The third-order valence-electron chi connectivity index (χ3n) is 4.20. The minimum atomic E-state index is -0.713. The molecule has 1 N–H and O–H groups in total. The molecule has 3 rings (SSSR count).